The van der Waals surface area contributed by atoms with Crippen LogP contribution >= 0.6 is 0 Å². The van der Waals surface area contributed by atoms with Gasteiger partial charge in [-0.15, -0.1) is 0 Å². The number of nitrogens with zero attached hydrogens (tertiary/aromatic N) is 1. The second-order valence-corrected chi connectivity index (χ2v) is 6.12. The SMILES string of the molecule is CC(C)C(=O)NCCNC1CC2CCC(C1)N2C. The largest absolute Gasteiger partial charge is 0.355 e. The summed E-state index contributed by atoms with van der Waals surface area (Å²) in [5.74, 6) is 0.240. The van der Waals surface area contributed by atoms with Gasteiger partial charge in [0.25, 0.3) is 0 Å². The van der Waals surface area contributed by atoms with E-state index < -0.39 is 0 Å². The zero-order chi connectivity index (χ0) is 13.1. The summed E-state index contributed by atoms with van der Waals surface area (Å²) < 4.78 is 0. The Morgan fingerprint density at radius 1 is 1.22 bits per heavy atom. The van der Waals surface area contributed by atoms with E-state index in [1.165, 1.54) is 25.7 Å². The van der Waals surface area contributed by atoms with Gasteiger partial charge in [-0.1, -0.05) is 13.8 Å². The highest BCUT2D eigenvalue weighted by molar-refractivity contribution is 5.77. The monoisotopic (exact) mass is 253 g/mol. The topological polar surface area (TPSA) is 44.4 Å². The molecule has 2 saturated heterocycles. The number of nitrogens with one attached hydrogen (secondary N) is 2. The third-order valence-electron chi connectivity index (χ3n) is 4.48. The van der Waals surface area contributed by atoms with Gasteiger partial charge in [0.05, 0.1) is 0 Å². The van der Waals surface area contributed by atoms with E-state index in [-0.39, 0.29) is 11.8 Å². The number of piperidine rings is 1. The van der Waals surface area contributed by atoms with Crippen molar-refractivity contribution < 1.29 is 4.79 Å². The fourth-order valence-corrected chi connectivity index (χ4v) is 3.24. The zero-order valence-corrected chi connectivity index (χ0v) is 11.9. The second-order valence-electron chi connectivity index (χ2n) is 6.12. The fraction of sp³-hybridized carbons (Fsp3) is 0.929. The maximum atomic E-state index is 11.4. The minimum Gasteiger partial charge on any atom is -0.355 e. The number of hydrogen-bond donors (Lipinski definition) is 2. The number of fused-ring (bicyclic) bond motifs is 2. The number of carbonyl (C=O) groups is 1. The first-order valence-electron chi connectivity index (χ1n) is 7.31. The molecule has 0 saturated carbocycles. The van der Waals surface area contributed by atoms with Crippen LogP contribution in [-0.4, -0.2) is 49.1 Å². The molecule has 2 bridgehead atoms. The highest BCUT2D eigenvalue weighted by atomic mass is 16.1. The zero-order valence-electron chi connectivity index (χ0n) is 11.9. The number of rotatable bonds is 5. The molecule has 104 valence electrons. The van der Waals surface area contributed by atoms with Crippen LogP contribution < -0.4 is 10.6 Å². The lowest BCUT2D eigenvalue weighted by Gasteiger charge is -2.36. The van der Waals surface area contributed by atoms with Gasteiger partial charge in [0.1, 0.15) is 0 Å². The molecule has 0 radical (unpaired) electrons. The minimum absolute atomic E-state index is 0.0872. The van der Waals surface area contributed by atoms with Gasteiger partial charge < -0.3 is 15.5 Å². The van der Waals surface area contributed by atoms with Crippen LogP contribution in [0, 0.1) is 5.92 Å². The van der Waals surface area contributed by atoms with Crippen molar-refractivity contribution in [2.75, 3.05) is 20.1 Å². The van der Waals surface area contributed by atoms with E-state index in [2.05, 4.69) is 22.6 Å². The summed E-state index contributed by atoms with van der Waals surface area (Å²) in [6.07, 6.45) is 5.27. The highest BCUT2D eigenvalue weighted by Gasteiger charge is 2.37. The van der Waals surface area contributed by atoms with Crippen LogP contribution in [0.5, 0.6) is 0 Å². The lowest BCUT2D eigenvalue weighted by molar-refractivity contribution is -0.123. The molecule has 1 amide bonds. The smallest absolute Gasteiger partial charge is 0.222 e. The van der Waals surface area contributed by atoms with Crippen molar-refractivity contribution in [3.05, 3.63) is 0 Å². The van der Waals surface area contributed by atoms with E-state index in [1.807, 2.05) is 13.8 Å². The maximum Gasteiger partial charge on any atom is 0.222 e. The molecular weight excluding hydrogens is 226 g/mol. The van der Waals surface area contributed by atoms with Gasteiger partial charge in [-0.05, 0) is 32.7 Å². The number of carbonyl (C=O) groups excluding carboxylic acids is 1. The maximum absolute atomic E-state index is 11.4. The first-order chi connectivity index (χ1) is 8.58. The predicted octanol–water partition coefficient (Wildman–Crippen LogP) is 0.973. The van der Waals surface area contributed by atoms with Crippen molar-refractivity contribution in [3.8, 4) is 0 Å². The van der Waals surface area contributed by atoms with Crippen molar-refractivity contribution in [2.45, 2.75) is 57.7 Å². The Hall–Kier alpha value is -0.610. The Kier molecular flexibility index (Phi) is 4.62. The third-order valence-corrected chi connectivity index (χ3v) is 4.48. The van der Waals surface area contributed by atoms with Crippen LogP contribution in [-0.2, 0) is 4.79 Å². The van der Waals surface area contributed by atoms with Gasteiger partial charge in [0.2, 0.25) is 5.91 Å². The molecule has 2 aliphatic rings. The van der Waals surface area contributed by atoms with Crippen LogP contribution in [0.2, 0.25) is 0 Å². The van der Waals surface area contributed by atoms with E-state index >= 15 is 0 Å². The first kappa shape index (κ1) is 13.8. The molecule has 2 heterocycles. The van der Waals surface area contributed by atoms with Gasteiger partial charge in [-0.2, -0.15) is 0 Å². The molecule has 4 heteroatoms. The van der Waals surface area contributed by atoms with Crippen molar-refractivity contribution in [3.63, 3.8) is 0 Å². The standard InChI is InChI=1S/C14H27N3O/c1-10(2)14(18)16-7-6-15-11-8-12-4-5-13(9-11)17(12)3/h10-13,15H,4-9H2,1-3H3,(H,16,18). The quantitative estimate of drug-likeness (QED) is 0.718. The molecule has 2 N–H and O–H groups in total. The first-order valence-corrected chi connectivity index (χ1v) is 7.31. The molecule has 0 aromatic carbocycles. The second kappa shape index (κ2) is 6.02. The molecule has 2 aliphatic heterocycles. The molecule has 2 unspecified atom stereocenters. The van der Waals surface area contributed by atoms with Gasteiger partial charge in [-0.25, -0.2) is 0 Å². The molecule has 0 aromatic heterocycles. The van der Waals surface area contributed by atoms with Crippen LogP contribution in [0.3, 0.4) is 0 Å². The Labute approximate surface area is 110 Å². The summed E-state index contributed by atoms with van der Waals surface area (Å²) in [4.78, 5) is 14.0. The highest BCUT2D eigenvalue weighted by Crippen LogP contribution is 2.33. The average Bonchev–Trinajstić information content (AvgIpc) is 2.56. The van der Waals surface area contributed by atoms with E-state index in [0.29, 0.717) is 6.04 Å². The fourth-order valence-electron chi connectivity index (χ4n) is 3.24. The van der Waals surface area contributed by atoms with E-state index in [1.54, 1.807) is 0 Å². The summed E-state index contributed by atoms with van der Waals surface area (Å²) in [5, 5.41) is 6.55. The molecule has 0 aromatic rings. The molecule has 0 aliphatic carbocycles. The van der Waals surface area contributed by atoms with Crippen LogP contribution in [0.1, 0.15) is 39.5 Å². The Balaban J connectivity index is 1.62. The van der Waals surface area contributed by atoms with Crippen molar-refractivity contribution in [1.29, 1.82) is 0 Å². The Bertz CT molecular complexity index is 279. The van der Waals surface area contributed by atoms with Gasteiger partial charge in [0, 0.05) is 37.1 Å². The average molecular weight is 253 g/mol. The predicted molar refractivity (Wildman–Crippen MR) is 73.4 cm³/mol. The Morgan fingerprint density at radius 3 is 2.39 bits per heavy atom. The summed E-state index contributed by atoms with van der Waals surface area (Å²) in [6, 6.07) is 2.22. The molecule has 2 rings (SSSR count). The summed E-state index contributed by atoms with van der Waals surface area (Å²) in [5.41, 5.74) is 0. The van der Waals surface area contributed by atoms with E-state index in [0.717, 1.165) is 25.2 Å². The van der Waals surface area contributed by atoms with Gasteiger partial charge >= 0.3 is 0 Å². The van der Waals surface area contributed by atoms with Crippen LogP contribution in [0.15, 0.2) is 0 Å². The summed E-state index contributed by atoms with van der Waals surface area (Å²) in [7, 11) is 2.27. The molecule has 2 atom stereocenters. The van der Waals surface area contributed by atoms with Gasteiger partial charge in [-0.3, -0.25) is 4.79 Å². The molecule has 2 fully saturated rings. The lowest BCUT2D eigenvalue weighted by atomic mass is 9.98. The van der Waals surface area contributed by atoms with Crippen molar-refractivity contribution in [1.82, 2.24) is 15.5 Å². The molecule has 0 spiro atoms. The van der Waals surface area contributed by atoms with Crippen molar-refractivity contribution >= 4 is 5.91 Å². The van der Waals surface area contributed by atoms with E-state index in [9.17, 15) is 4.79 Å². The minimum atomic E-state index is 0.0872. The lowest BCUT2D eigenvalue weighted by Crippen LogP contribution is -2.48. The van der Waals surface area contributed by atoms with Crippen LogP contribution in [0.4, 0.5) is 0 Å². The summed E-state index contributed by atoms with van der Waals surface area (Å²) in [6.45, 7) is 5.50. The normalized spacial score (nSPS) is 31.9. The van der Waals surface area contributed by atoms with Gasteiger partial charge in [0.15, 0.2) is 0 Å². The van der Waals surface area contributed by atoms with Crippen molar-refractivity contribution in [2.24, 2.45) is 5.92 Å². The molecule has 18 heavy (non-hydrogen) atoms. The molecular formula is C14H27N3O. The number of amides is 1. The summed E-state index contributed by atoms with van der Waals surface area (Å²) >= 11 is 0. The van der Waals surface area contributed by atoms with Crippen LogP contribution in [0.25, 0.3) is 0 Å². The third kappa shape index (κ3) is 3.23. The Morgan fingerprint density at radius 2 is 1.83 bits per heavy atom. The molecule has 4 nitrogen and oxygen atoms in total. The number of hydrogen-bond acceptors (Lipinski definition) is 3. The van der Waals surface area contributed by atoms with E-state index in [4.69, 9.17) is 0 Å².